The molecule has 30 heavy (non-hydrogen) atoms. The molecule has 1 heterocycles. The first-order valence-electron chi connectivity index (χ1n) is 10.9. The van der Waals surface area contributed by atoms with Crippen LogP contribution >= 0.6 is 0 Å². The fourth-order valence-electron chi connectivity index (χ4n) is 4.07. The van der Waals surface area contributed by atoms with E-state index in [0.29, 0.717) is 38.9 Å². The molecule has 1 amide bonds. The van der Waals surface area contributed by atoms with Crippen LogP contribution in [-0.4, -0.2) is 63.3 Å². The van der Waals surface area contributed by atoms with Crippen LogP contribution in [0.4, 0.5) is 0 Å². The Morgan fingerprint density at radius 3 is 2.30 bits per heavy atom. The molecule has 1 saturated heterocycles. The lowest BCUT2D eigenvalue weighted by molar-refractivity contribution is -0.157. The van der Waals surface area contributed by atoms with Crippen LogP contribution in [0.15, 0.2) is 60.7 Å². The summed E-state index contributed by atoms with van der Waals surface area (Å²) in [6.07, 6.45) is 0.648. The van der Waals surface area contributed by atoms with Gasteiger partial charge in [-0.05, 0) is 37.8 Å². The van der Waals surface area contributed by atoms with E-state index >= 15 is 0 Å². The number of carbonyl (C=O) groups is 1. The number of hydrogen-bond donors (Lipinski definition) is 2. The van der Waals surface area contributed by atoms with Gasteiger partial charge < -0.3 is 15.1 Å². The number of hydrogen-bond acceptors (Lipinski definition) is 4. The van der Waals surface area contributed by atoms with Gasteiger partial charge in [-0.15, -0.1) is 0 Å². The SMILES string of the molecule is CC(C)N(Cc1ccccc1)C[C@@]1(O)CN(C(=O)CCc2ccccc2)CC[C@@H]1O. The van der Waals surface area contributed by atoms with Gasteiger partial charge in [0.25, 0.3) is 0 Å². The zero-order chi connectivity index (χ0) is 21.6. The van der Waals surface area contributed by atoms with Crippen LogP contribution in [0.1, 0.15) is 37.8 Å². The maximum absolute atomic E-state index is 12.8. The maximum Gasteiger partial charge on any atom is 0.223 e. The minimum atomic E-state index is -1.33. The van der Waals surface area contributed by atoms with Crippen molar-refractivity contribution in [3.63, 3.8) is 0 Å². The monoisotopic (exact) mass is 410 g/mol. The van der Waals surface area contributed by atoms with Gasteiger partial charge in [0.2, 0.25) is 5.91 Å². The van der Waals surface area contributed by atoms with Crippen molar-refractivity contribution >= 4 is 5.91 Å². The molecule has 0 bridgehead atoms. The number of β-amino-alcohol motifs (C(OH)–C–C–N with tert-alkyl or cyclic N) is 1. The number of aliphatic hydroxyl groups is 2. The van der Waals surface area contributed by atoms with E-state index in [0.717, 1.165) is 11.1 Å². The van der Waals surface area contributed by atoms with Gasteiger partial charge in [0.05, 0.1) is 12.6 Å². The molecule has 3 rings (SSSR count). The maximum atomic E-state index is 12.8. The Morgan fingerprint density at radius 2 is 1.70 bits per heavy atom. The number of nitrogens with zero attached hydrogens (tertiary/aromatic N) is 2. The highest BCUT2D eigenvalue weighted by Crippen LogP contribution is 2.25. The molecule has 1 aliphatic rings. The lowest BCUT2D eigenvalue weighted by Gasteiger charge is -2.45. The van der Waals surface area contributed by atoms with Gasteiger partial charge >= 0.3 is 0 Å². The molecule has 0 saturated carbocycles. The zero-order valence-corrected chi connectivity index (χ0v) is 18.1. The molecule has 2 aromatic rings. The largest absolute Gasteiger partial charge is 0.390 e. The Balaban J connectivity index is 1.64. The van der Waals surface area contributed by atoms with E-state index in [1.807, 2.05) is 48.5 Å². The summed E-state index contributed by atoms with van der Waals surface area (Å²) in [6.45, 7) is 5.84. The molecule has 5 nitrogen and oxygen atoms in total. The van der Waals surface area contributed by atoms with Crippen molar-refractivity contribution in [3.8, 4) is 0 Å². The molecular weight excluding hydrogens is 376 g/mol. The van der Waals surface area contributed by atoms with Gasteiger partial charge in [-0.25, -0.2) is 0 Å². The Labute approximate surface area is 179 Å². The Kier molecular flexibility index (Phi) is 7.64. The smallest absolute Gasteiger partial charge is 0.223 e. The number of rotatable bonds is 8. The number of likely N-dealkylation sites (tertiary alicyclic amines) is 1. The van der Waals surface area contributed by atoms with Crippen LogP contribution in [0.2, 0.25) is 0 Å². The zero-order valence-electron chi connectivity index (χ0n) is 18.1. The van der Waals surface area contributed by atoms with Gasteiger partial charge in [0.1, 0.15) is 5.60 Å². The second-order valence-corrected chi connectivity index (χ2v) is 8.69. The Hall–Kier alpha value is -2.21. The Bertz CT molecular complexity index is 797. The molecular formula is C25H34N2O3. The normalized spacial score (nSPS) is 21.9. The molecule has 1 aliphatic heterocycles. The number of aliphatic hydroxyl groups excluding tert-OH is 1. The molecule has 2 N–H and O–H groups in total. The second kappa shape index (κ2) is 10.2. The minimum absolute atomic E-state index is 0.0309. The van der Waals surface area contributed by atoms with Crippen molar-refractivity contribution < 1.29 is 15.0 Å². The van der Waals surface area contributed by atoms with Crippen LogP contribution < -0.4 is 0 Å². The van der Waals surface area contributed by atoms with E-state index in [2.05, 4.69) is 30.9 Å². The third kappa shape index (κ3) is 5.91. The van der Waals surface area contributed by atoms with Gasteiger partial charge in [0, 0.05) is 32.1 Å². The first-order chi connectivity index (χ1) is 14.4. The highest BCUT2D eigenvalue weighted by atomic mass is 16.3. The molecule has 0 radical (unpaired) electrons. The number of amides is 1. The molecule has 162 valence electrons. The predicted molar refractivity (Wildman–Crippen MR) is 119 cm³/mol. The van der Waals surface area contributed by atoms with Crippen molar-refractivity contribution in [2.45, 2.75) is 57.4 Å². The average molecular weight is 411 g/mol. The fourth-order valence-corrected chi connectivity index (χ4v) is 4.07. The summed E-state index contributed by atoms with van der Waals surface area (Å²) in [5.74, 6) is 0.0309. The van der Waals surface area contributed by atoms with Gasteiger partial charge in [-0.1, -0.05) is 60.7 Å². The predicted octanol–water partition coefficient (Wildman–Crippen LogP) is 2.85. The summed E-state index contributed by atoms with van der Waals surface area (Å²) in [5, 5.41) is 22.0. The van der Waals surface area contributed by atoms with E-state index in [9.17, 15) is 15.0 Å². The van der Waals surface area contributed by atoms with Crippen LogP contribution in [0, 0.1) is 0 Å². The quantitative estimate of drug-likeness (QED) is 0.702. The summed E-state index contributed by atoms with van der Waals surface area (Å²) in [7, 11) is 0. The van der Waals surface area contributed by atoms with E-state index < -0.39 is 11.7 Å². The van der Waals surface area contributed by atoms with E-state index in [1.165, 1.54) is 0 Å². The number of piperidine rings is 1. The molecule has 5 heteroatoms. The van der Waals surface area contributed by atoms with Gasteiger partial charge in [-0.3, -0.25) is 9.69 Å². The molecule has 1 fully saturated rings. The minimum Gasteiger partial charge on any atom is -0.390 e. The molecule has 0 aliphatic carbocycles. The summed E-state index contributed by atoms with van der Waals surface area (Å²) in [5.41, 5.74) is 0.961. The molecule has 0 unspecified atom stereocenters. The van der Waals surface area contributed by atoms with Crippen LogP contribution in [-0.2, 0) is 17.8 Å². The summed E-state index contributed by atoms with van der Waals surface area (Å²) >= 11 is 0. The first-order valence-corrected chi connectivity index (χ1v) is 10.9. The van der Waals surface area contributed by atoms with E-state index in [-0.39, 0.29) is 18.5 Å². The van der Waals surface area contributed by atoms with Crippen molar-refractivity contribution in [2.75, 3.05) is 19.6 Å². The summed E-state index contributed by atoms with van der Waals surface area (Å²) < 4.78 is 0. The van der Waals surface area contributed by atoms with Crippen molar-refractivity contribution in [1.29, 1.82) is 0 Å². The summed E-state index contributed by atoms with van der Waals surface area (Å²) in [4.78, 5) is 16.7. The molecule has 0 aromatic heterocycles. The van der Waals surface area contributed by atoms with Crippen LogP contribution in [0.25, 0.3) is 0 Å². The lowest BCUT2D eigenvalue weighted by Crippen LogP contribution is -2.63. The number of aryl methyl sites for hydroxylation is 1. The second-order valence-electron chi connectivity index (χ2n) is 8.69. The highest BCUT2D eigenvalue weighted by molar-refractivity contribution is 5.76. The fraction of sp³-hybridized carbons (Fsp3) is 0.480. The third-order valence-corrected chi connectivity index (χ3v) is 6.02. The van der Waals surface area contributed by atoms with Crippen LogP contribution in [0.5, 0.6) is 0 Å². The third-order valence-electron chi connectivity index (χ3n) is 6.02. The van der Waals surface area contributed by atoms with Gasteiger partial charge in [-0.2, -0.15) is 0 Å². The van der Waals surface area contributed by atoms with Crippen molar-refractivity contribution in [3.05, 3.63) is 71.8 Å². The average Bonchev–Trinajstić information content (AvgIpc) is 2.75. The van der Waals surface area contributed by atoms with E-state index in [1.54, 1.807) is 4.90 Å². The Morgan fingerprint density at radius 1 is 1.10 bits per heavy atom. The van der Waals surface area contributed by atoms with Crippen LogP contribution in [0.3, 0.4) is 0 Å². The molecule has 2 atom stereocenters. The topological polar surface area (TPSA) is 64.0 Å². The lowest BCUT2D eigenvalue weighted by atomic mass is 9.88. The van der Waals surface area contributed by atoms with Gasteiger partial charge in [0.15, 0.2) is 0 Å². The molecule has 2 aromatic carbocycles. The number of carbonyl (C=O) groups excluding carboxylic acids is 1. The van der Waals surface area contributed by atoms with Crippen molar-refractivity contribution in [1.82, 2.24) is 9.80 Å². The van der Waals surface area contributed by atoms with Crippen molar-refractivity contribution in [2.24, 2.45) is 0 Å². The van der Waals surface area contributed by atoms with E-state index in [4.69, 9.17) is 0 Å². The molecule has 0 spiro atoms. The number of benzene rings is 2. The highest BCUT2D eigenvalue weighted by Gasteiger charge is 2.43. The summed E-state index contributed by atoms with van der Waals surface area (Å²) in [6, 6.07) is 20.3. The first kappa shape index (κ1) is 22.5. The standard InChI is InChI=1S/C25H34N2O3/c1-20(2)27(17-22-11-7-4-8-12-22)19-25(30)18-26(16-15-23(25)28)24(29)14-13-21-9-5-3-6-10-21/h3-12,20,23,28,30H,13-19H2,1-2H3/t23-,25-/m0/s1.